The highest BCUT2D eigenvalue weighted by Crippen LogP contribution is 2.29. The van der Waals surface area contributed by atoms with Gasteiger partial charge in [-0.1, -0.05) is 15.9 Å². The largest absolute Gasteiger partial charge is 0.309 e. The molecular formula is C12H14BrN3. The number of fused-ring (bicyclic) bond motifs is 3. The maximum atomic E-state index is 4.74. The average Bonchev–Trinajstić information content (AvgIpc) is 2.65. The van der Waals surface area contributed by atoms with Crippen molar-refractivity contribution in [1.29, 1.82) is 0 Å². The van der Waals surface area contributed by atoms with Gasteiger partial charge in [0.2, 0.25) is 0 Å². The molecule has 0 radical (unpaired) electrons. The van der Waals surface area contributed by atoms with E-state index < -0.39 is 0 Å². The van der Waals surface area contributed by atoms with Gasteiger partial charge >= 0.3 is 0 Å². The Balaban J connectivity index is 2.35. The maximum Gasteiger partial charge on any atom is 0.0967 e. The Morgan fingerprint density at radius 1 is 1.50 bits per heavy atom. The predicted octanol–water partition coefficient (Wildman–Crippen LogP) is 2.77. The fraction of sp³-hybridized carbons (Fsp3) is 0.417. The van der Waals surface area contributed by atoms with E-state index in [1.807, 2.05) is 0 Å². The van der Waals surface area contributed by atoms with Crippen molar-refractivity contribution in [2.75, 3.05) is 6.54 Å². The average molecular weight is 280 g/mol. The van der Waals surface area contributed by atoms with Crippen molar-refractivity contribution < 1.29 is 0 Å². The molecule has 1 atom stereocenters. The van der Waals surface area contributed by atoms with E-state index in [1.165, 1.54) is 16.6 Å². The van der Waals surface area contributed by atoms with Gasteiger partial charge in [-0.3, -0.25) is 4.68 Å². The lowest BCUT2D eigenvalue weighted by molar-refractivity contribution is 0.395. The van der Waals surface area contributed by atoms with Crippen LogP contribution < -0.4 is 5.32 Å². The minimum Gasteiger partial charge on any atom is -0.309 e. The summed E-state index contributed by atoms with van der Waals surface area (Å²) in [5.74, 6) is 0. The second-order valence-electron chi connectivity index (χ2n) is 4.44. The third-order valence-corrected chi connectivity index (χ3v) is 4.17. The summed E-state index contributed by atoms with van der Waals surface area (Å²) in [5.41, 5.74) is 3.66. The van der Waals surface area contributed by atoms with E-state index in [4.69, 9.17) is 5.10 Å². The van der Waals surface area contributed by atoms with Gasteiger partial charge in [-0.15, -0.1) is 0 Å². The highest BCUT2D eigenvalue weighted by atomic mass is 79.9. The molecule has 0 fully saturated rings. The molecule has 0 amide bonds. The van der Waals surface area contributed by atoms with Crippen LogP contribution in [0.5, 0.6) is 0 Å². The molecule has 1 aliphatic rings. The molecule has 0 bridgehead atoms. The number of nitrogens with one attached hydrogen (secondary N) is 1. The van der Waals surface area contributed by atoms with Crippen molar-refractivity contribution in [3.63, 3.8) is 0 Å². The normalized spacial score (nSPS) is 20.1. The summed E-state index contributed by atoms with van der Waals surface area (Å²) >= 11 is 3.56. The lowest BCUT2D eigenvalue weighted by atomic mass is 10.1. The third-order valence-electron chi connectivity index (χ3n) is 3.31. The van der Waals surface area contributed by atoms with Gasteiger partial charge in [-0.05, 0) is 31.5 Å². The third kappa shape index (κ3) is 1.33. The summed E-state index contributed by atoms with van der Waals surface area (Å²) in [7, 11) is 0. The fourth-order valence-electron chi connectivity index (χ4n) is 2.36. The predicted molar refractivity (Wildman–Crippen MR) is 68.6 cm³/mol. The molecule has 0 spiro atoms. The van der Waals surface area contributed by atoms with Crippen molar-refractivity contribution in [1.82, 2.24) is 15.1 Å². The van der Waals surface area contributed by atoms with Gasteiger partial charge in [0.1, 0.15) is 0 Å². The van der Waals surface area contributed by atoms with Crippen LogP contribution in [0.2, 0.25) is 0 Å². The van der Waals surface area contributed by atoms with Crippen LogP contribution in [0.1, 0.15) is 24.2 Å². The topological polar surface area (TPSA) is 29.9 Å². The second-order valence-corrected chi connectivity index (χ2v) is 5.29. The Morgan fingerprint density at radius 2 is 2.31 bits per heavy atom. The molecule has 0 saturated heterocycles. The molecule has 1 aliphatic heterocycles. The number of rotatable bonds is 0. The Labute approximate surface area is 103 Å². The van der Waals surface area contributed by atoms with E-state index >= 15 is 0 Å². The molecule has 3 nitrogen and oxygen atoms in total. The van der Waals surface area contributed by atoms with Gasteiger partial charge in [-0.25, -0.2) is 0 Å². The van der Waals surface area contributed by atoms with Crippen LogP contribution >= 0.6 is 15.9 Å². The van der Waals surface area contributed by atoms with Crippen LogP contribution in [-0.4, -0.2) is 16.3 Å². The quantitative estimate of drug-likeness (QED) is 0.804. The molecule has 16 heavy (non-hydrogen) atoms. The van der Waals surface area contributed by atoms with E-state index in [2.05, 4.69) is 51.9 Å². The molecule has 0 aliphatic carbocycles. The van der Waals surface area contributed by atoms with Crippen LogP contribution in [0, 0.1) is 6.92 Å². The molecule has 84 valence electrons. The zero-order chi connectivity index (χ0) is 11.3. The Kier molecular flexibility index (Phi) is 2.30. The van der Waals surface area contributed by atoms with Crippen molar-refractivity contribution >= 4 is 26.8 Å². The van der Waals surface area contributed by atoms with Gasteiger partial charge < -0.3 is 5.32 Å². The molecule has 2 heterocycles. The van der Waals surface area contributed by atoms with Gasteiger partial charge in [0.05, 0.1) is 17.3 Å². The van der Waals surface area contributed by atoms with Gasteiger partial charge in [0.15, 0.2) is 0 Å². The Hall–Kier alpha value is -0.870. The van der Waals surface area contributed by atoms with E-state index in [0.29, 0.717) is 6.04 Å². The summed E-state index contributed by atoms with van der Waals surface area (Å²) in [6.45, 7) is 6.23. The molecule has 1 aromatic heterocycles. The van der Waals surface area contributed by atoms with Crippen LogP contribution in [0.4, 0.5) is 0 Å². The minimum atomic E-state index is 0.439. The van der Waals surface area contributed by atoms with E-state index in [0.717, 1.165) is 23.1 Å². The molecule has 3 rings (SSSR count). The number of benzene rings is 1. The lowest BCUT2D eigenvalue weighted by Crippen LogP contribution is -2.31. The second kappa shape index (κ2) is 3.57. The highest BCUT2D eigenvalue weighted by molar-refractivity contribution is 9.10. The summed E-state index contributed by atoms with van der Waals surface area (Å²) in [4.78, 5) is 0. The number of nitrogens with zero attached hydrogens (tertiary/aromatic N) is 2. The van der Waals surface area contributed by atoms with Crippen molar-refractivity contribution in [2.45, 2.75) is 26.4 Å². The molecule has 4 heteroatoms. The zero-order valence-electron chi connectivity index (χ0n) is 9.42. The minimum absolute atomic E-state index is 0.439. The summed E-state index contributed by atoms with van der Waals surface area (Å²) in [5, 5.41) is 9.45. The number of aryl methyl sites for hydroxylation is 1. The number of hydrogen-bond acceptors (Lipinski definition) is 2. The molecular weight excluding hydrogens is 266 g/mol. The summed E-state index contributed by atoms with van der Waals surface area (Å²) in [6, 6.07) is 4.71. The number of halogens is 1. The van der Waals surface area contributed by atoms with Crippen molar-refractivity contribution in [3.8, 4) is 0 Å². The first-order valence-electron chi connectivity index (χ1n) is 5.55. The first-order valence-corrected chi connectivity index (χ1v) is 6.34. The highest BCUT2D eigenvalue weighted by Gasteiger charge is 2.20. The van der Waals surface area contributed by atoms with E-state index in [1.54, 1.807) is 0 Å². The molecule has 1 N–H and O–H groups in total. The molecule has 2 aromatic rings. The maximum absolute atomic E-state index is 4.74. The van der Waals surface area contributed by atoms with Gasteiger partial charge in [0, 0.05) is 22.9 Å². The lowest BCUT2D eigenvalue weighted by Gasteiger charge is -2.21. The van der Waals surface area contributed by atoms with Crippen LogP contribution in [-0.2, 0) is 6.54 Å². The standard InChI is InChI=1S/C12H14BrN3/c1-7-5-14-6-11-9-3-4-10(13)8(2)12(9)15-16(7)11/h3-4,7,14H,5-6H2,1-2H3/t7-/m1/s1. The van der Waals surface area contributed by atoms with Crippen LogP contribution in [0.25, 0.3) is 10.9 Å². The van der Waals surface area contributed by atoms with Gasteiger partial charge in [-0.2, -0.15) is 5.10 Å². The first kappa shape index (κ1) is 10.3. The SMILES string of the molecule is Cc1c(Br)ccc2c3n(nc12)[C@H](C)CNC3. The monoisotopic (exact) mass is 279 g/mol. The van der Waals surface area contributed by atoms with Crippen LogP contribution in [0.3, 0.4) is 0 Å². The Bertz CT molecular complexity index is 559. The molecule has 1 aromatic carbocycles. The summed E-state index contributed by atoms with van der Waals surface area (Å²) in [6.07, 6.45) is 0. The number of aromatic nitrogens is 2. The number of hydrogen-bond donors (Lipinski definition) is 1. The zero-order valence-corrected chi connectivity index (χ0v) is 11.0. The smallest absolute Gasteiger partial charge is 0.0967 e. The van der Waals surface area contributed by atoms with Crippen molar-refractivity contribution in [2.24, 2.45) is 0 Å². The molecule has 0 saturated carbocycles. The molecule has 0 unspecified atom stereocenters. The first-order chi connectivity index (χ1) is 7.68. The van der Waals surface area contributed by atoms with Crippen LogP contribution in [0.15, 0.2) is 16.6 Å². The van der Waals surface area contributed by atoms with E-state index in [-0.39, 0.29) is 0 Å². The Morgan fingerprint density at radius 3 is 3.12 bits per heavy atom. The van der Waals surface area contributed by atoms with Gasteiger partial charge in [0.25, 0.3) is 0 Å². The summed E-state index contributed by atoms with van der Waals surface area (Å²) < 4.78 is 3.30. The van der Waals surface area contributed by atoms with E-state index in [9.17, 15) is 0 Å². The fourth-order valence-corrected chi connectivity index (χ4v) is 2.68. The van der Waals surface area contributed by atoms with Crippen molar-refractivity contribution in [3.05, 3.63) is 27.9 Å².